The van der Waals surface area contributed by atoms with Crippen molar-refractivity contribution in [3.05, 3.63) is 79.1 Å². The molecule has 0 radical (unpaired) electrons. The molecule has 0 unspecified atom stereocenters. The van der Waals surface area contributed by atoms with E-state index in [0.29, 0.717) is 16.5 Å². The molecule has 0 aliphatic heterocycles. The molecule has 2 aromatic carbocycles. The molecule has 25 heavy (non-hydrogen) atoms. The van der Waals surface area contributed by atoms with E-state index < -0.39 is 11.2 Å². The van der Waals surface area contributed by atoms with Gasteiger partial charge < -0.3 is 4.74 Å². The van der Waals surface area contributed by atoms with Crippen LogP contribution in [-0.4, -0.2) is 14.8 Å². The van der Waals surface area contributed by atoms with E-state index in [4.69, 9.17) is 16.3 Å². The highest BCUT2D eigenvalue weighted by Crippen LogP contribution is 2.36. The highest BCUT2D eigenvalue weighted by molar-refractivity contribution is 6.32. The Morgan fingerprint density at radius 2 is 1.88 bits per heavy atom. The number of hydrogen-bond donors (Lipinski definition) is 1. The molecule has 0 spiro atoms. The zero-order valence-electron chi connectivity index (χ0n) is 14.0. The number of aromatic nitrogens is 3. The summed E-state index contributed by atoms with van der Waals surface area (Å²) in [7, 11) is 0. The van der Waals surface area contributed by atoms with Gasteiger partial charge in [0.25, 0.3) is 5.56 Å². The number of H-pyrrole nitrogens is 1. The Hall–Kier alpha value is -2.86. The number of halogens is 1. The number of benzene rings is 2. The average Bonchev–Trinajstić information content (AvgIpc) is 2.54. The van der Waals surface area contributed by atoms with E-state index in [1.54, 1.807) is 12.1 Å². The van der Waals surface area contributed by atoms with Gasteiger partial charge in [-0.25, -0.2) is 4.79 Å². The van der Waals surface area contributed by atoms with Gasteiger partial charge in [0.2, 0.25) is 0 Å². The summed E-state index contributed by atoms with van der Waals surface area (Å²) in [5.41, 5.74) is 2.14. The highest BCUT2D eigenvalue weighted by Gasteiger charge is 2.13. The van der Waals surface area contributed by atoms with Crippen molar-refractivity contribution in [1.82, 2.24) is 14.8 Å². The first kappa shape index (κ1) is 17.0. The molecular weight excluding hydrogens is 342 g/mol. The second kappa shape index (κ2) is 6.57. The normalized spacial score (nSPS) is 10.7. The van der Waals surface area contributed by atoms with Crippen molar-refractivity contribution in [1.29, 1.82) is 0 Å². The van der Waals surface area contributed by atoms with Crippen molar-refractivity contribution in [3.8, 4) is 17.2 Å². The third-order valence-corrected chi connectivity index (χ3v) is 4.22. The summed E-state index contributed by atoms with van der Waals surface area (Å²) in [5, 5.41) is 4.17. The van der Waals surface area contributed by atoms with Gasteiger partial charge in [0, 0.05) is 0 Å². The molecule has 0 aliphatic rings. The van der Waals surface area contributed by atoms with Gasteiger partial charge in [0.15, 0.2) is 0 Å². The SMILES string of the molecule is Cc1cccc(Oc2c(C)cc(-n3ncc(=O)[nH]c3=O)cc2Cl)c1C. The molecule has 128 valence electrons. The summed E-state index contributed by atoms with van der Waals surface area (Å²) in [5.74, 6) is 1.23. The van der Waals surface area contributed by atoms with Crippen LogP contribution in [0.1, 0.15) is 16.7 Å². The molecule has 1 heterocycles. The Bertz CT molecular complexity index is 1050. The Labute approximate surface area is 148 Å². The van der Waals surface area contributed by atoms with Crippen LogP contribution in [-0.2, 0) is 0 Å². The van der Waals surface area contributed by atoms with Gasteiger partial charge in [-0.05, 0) is 55.7 Å². The second-order valence-electron chi connectivity index (χ2n) is 5.72. The minimum absolute atomic E-state index is 0.343. The summed E-state index contributed by atoms with van der Waals surface area (Å²) < 4.78 is 7.07. The lowest BCUT2D eigenvalue weighted by Crippen LogP contribution is -2.30. The first-order chi connectivity index (χ1) is 11.9. The van der Waals surface area contributed by atoms with Crippen LogP contribution in [0.2, 0.25) is 5.02 Å². The largest absolute Gasteiger partial charge is 0.455 e. The number of rotatable bonds is 3. The lowest BCUT2D eigenvalue weighted by Gasteiger charge is -2.15. The zero-order valence-corrected chi connectivity index (χ0v) is 14.7. The first-order valence-corrected chi connectivity index (χ1v) is 7.98. The van der Waals surface area contributed by atoms with Gasteiger partial charge in [0.1, 0.15) is 17.7 Å². The Morgan fingerprint density at radius 3 is 2.56 bits per heavy atom. The van der Waals surface area contributed by atoms with Gasteiger partial charge in [-0.3, -0.25) is 9.78 Å². The third-order valence-electron chi connectivity index (χ3n) is 3.94. The fourth-order valence-electron chi connectivity index (χ4n) is 2.45. The molecule has 0 fully saturated rings. The van der Waals surface area contributed by atoms with Gasteiger partial charge in [-0.15, -0.1) is 0 Å². The molecule has 0 atom stereocenters. The maximum atomic E-state index is 11.9. The number of hydrogen-bond acceptors (Lipinski definition) is 4. The number of nitrogens with zero attached hydrogens (tertiary/aromatic N) is 2. The fourth-order valence-corrected chi connectivity index (χ4v) is 2.75. The van der Waals surface area contributed by atoms with Gasteiger partial charge >= 0.3 is 5.69 Å². The van der Waals surface area contributed by atoms with Crippen molar-refractivity contribution in [2.75, 3.05) is 0 Å². The molecule has 0 amide bonds. The molecule has 7 heteroatoms. The molecule has 3 aromatic rings. The van der Waals surface area contributed by atoms with E-state index in [1.807, 2.05) is 39.0 Å². The van der Waals surface area contributed by atoms with Crippen molar-refractivity contribution >= 4 is 11.6 Å². The molecule has 0 saturated carbocycles. The minimum atomic E-state index is -0.633. The molecule has 6 nitrogen and oxygen atoms in total. The average molecular weight is 358 g/mol. The summed E-state index contributed by atoms with van der Waals surface area (Å²) in [6.07, 6.45) is 1.03. The van der Waals surface area contributed by atoms with Crippen LogP contribution in [0.5, 0.6) is 11.5 Å². The smallest absolute Gasteiger partial charge is 0.349 e. The molecule has 0 saturated heterocycles. The van der Waals surface area contributed by atoms with Crippen LogP contribution in [0, 0.1) is 20.8 Å². The van der Waals surface area contributed by atoms with E-state index >= 15 is 0 Å². The van der Waals surface area contributed by atoms with Crippen LogP contribution in [0.15, 0.2) is 46.1 Å². The highest BCUT2D eigenvalue weighted by atomic mass is 35.5. The van der Waals surface area contributed by atoms with Crippen LogP contribution >= 0.6 is 11.6 Å². The lowest BCUT2D eigenvalue weighted by atomic mass is 10.1. The van der Waals surface area contributed by atoms with Gasteiger partial charge in [0.05, 0.1) is 10.7 Å². The number of nitrogens with one attached hydrogen (secondary N) is 1. The summed E-state index contributed by atoms with van der Waals surface area (Å²) in [6, 6.07) is 9.09. The minimum Gasteiger partial charge on any atom is -0.455 e. The van der Waals surface area contributed by atoms with Crippen LogP contribution < -0.4 is 16.0 Å². The third kappa shape index (κ3) is 3.34. The topological polar surface area (TPSA) is 77.0 Å². The van der Waals surface area contributed by atoms with Crippen molar-refractivity contribution < 1.29 is 4.74 Å². The predicted molar refractivity (Wildman–Crippen MR) is 96.2 cm³/mol. The van der Waals surface area contributed by atoms with E-state index in [1.165, 1.54) is 0 Å². The number of ether oxygens (including phenoxy) is 1. The molecule has 1 aromatic heterocycles. The van der Waals surface area contributed by atoms with E-state index in [9.17, 15) is 9.59 Å². The monoisotopic (exact) mass is 357 g/mol. The van der Waals surface area contributed by atoms with Crippen LogP contribution in [0.4, 0.5) is 0 Å². The Morgan fingerprint density at radius 1 is 1.12 bits per heavy atom. The molecule has 3 rings (SSSR count). The molecule has 0 aliphatic carbocycles. The van der Waals surface area contributed by atoms with Crippen molar-refractivity contribution in [2.45, 2.75) is 20.8 Å². The van der Waals surface area contributed by atoms with E-state index in [2.05, 4.69) is 10.1 Å². The van der Waals surface area contributed by atoms with Gasteiger partial charge in [-0.2, -0.15) is 9.78 Å². The predicted octanol–water partition coefficient (Wildman–Crippen LogP) is 3.29. The quantitative estimate of drug-likeness (QED) is 0.780. The van der Waals surface area contributed by atoms with E-state index in [-0.39, 0.29) is 0 Å². The van der Waals surface area contributed by atoms with Crippen LogP contribution in [0.3, 0.4) is 0 Å². The maximum Gasteiger partial charge on any atom is 0.349 e. The molecule has 0 bridgehead atoms. The Balaban J connectivity index is 2.05. The second-order valence-corrected chi connectivity index (χ2v) is 6.13. The van der Waals surface area contributed by atoms with Gasteiger partial charge in [-0.1, -0.05) is 23.7 Å². The molecular formula is C18H16ClN3O3. The zero-order chi connectivity index (χ0) is 18.1. The molecule has 1 N–H and O–H groups in total. The standard InChI is InChI=1S/C18H16ClN3O3/c1-10-5-4-6-15(12(10)3)25-17-11(2)7-13(8-14(17)19)22-18(24)21-16(23)9-20-22/h4-9H,1-3H3,(H,21,23,24). The van der Waals surface area contributed by atoms with E-state index in [0.717, 1.165) is 33.3 Å². The summed E-state index contributed by atoms with van der Waals surface area (Å²) in [4.78, 5) is 25.2. The number of aromatic amines is 1. The first-order valence-electron chi connectivity index (χ1n) is 7.60. The fraction of sp³-hybridized carbons (Fsp3) is 0.167. The van der Waals surface area contributed by atoms with Crippen molar-refractivity contribution in [2.24, 2.45) is 0 Å². The Kier molecular flexibility index (Phi) is 4.46. The maximum absolute atomic E-state index is 11.9. The van der Waals surface area contributed by atoms with Crippen molar-refractivity contribution in [3.63, 3.8) is 0 Å². The van der Waals surface area contributed by atoms with Crippen LogP contribution in [0.25, 0.3) is 5.69 Å². The summed E-state index contributed by atoms with van der Waals surface area (Å²) in [6.45, 7) is 5.81. The summed E-state index contributed by atoms with van der Waals surface area (Å²) >= 11 is 6.37. The number of aryl methyl sites for hydroxylation is 2. The lowest BCUT2D eigenvalue weighted by molar-refractivity contribution is 0.474.